The lowest BCUT2D eigenvalue weighted by molar-refractivity contribution is -0.403. The maximum absolute atomic E-state index is 14.5. The van der Waals surface area contributed by atoms with Gasteiger partial charge in [0.25, 0.3) is 0 Å². The molecule has 10 rings (SSSR count). The van der Waals surface area contributed by atoms with Crippen molar-refractivity contribution in [2.75, 3.05) is 26.4 Å². The van der Waals surface area contributed by atoms with E-state index in [1.165, 1.54) is 6.92 Å². The smallest absolute Gasteiger partial charge is 0.314 e. The van der Waals surface area contributed by atoms with Gasteiger partial charge in [-0.1, -0.05) is 44.9 Å². The Balaban J connectivity index is 0.908. The molecule has 502 valence electrons. The van der Waals surface area contributed by atoms with Crippen molar-refractivity contribution < 1.29 is 140 Å². The van der Waals surface area contributed by atoms with E-state index in [0.717, 1.165) is 24.0 Å². The molecule has 0 aromatic heterocycles. The van der Waals surface area contributed by atoms with Gasteiger partial charge >= 0.3 is 5.97 Å². The van der Waals surface area contributed by atoms with Gasteiger partial charge in [0.05, 0.1) is 50.0 Å². The molecule has 10 aliphatic rings. The second-order valence-electron chi connectivity index (χ2n) is 27.4. The van der Waals surface area contributed by atoms with Crippen LogP contribution in [0.15, 0.2) is 23.8 Å². The molecule has 30 heteroatoms. The van der Waals surface area contributed by atoms with Crippen molar-refractivity contribution >= 4 is 22.2 Å². The summed E-state index contributed by atoms with van der Waals surface area (Å²) in [6, 6.07) is 0. The van der Waals surface area contributed by atoms with Crippen molar-refractivity contribution in [2.24, 2.45) is 39.4 Å². The SMILES string of the molecule is C=C(C)CCC[C@]1(C)OC(=O)[C@]23CC[C@@H]4C(=CC[C@H]5C(C)(C)[C@@H](O[C@@H]6OC[C@@H](OS(=O)(=O)[O-])[C@H](O)[C@H]6O[C@@H]6O[C@H](C)[C@@H](O[C@@H]7O[C@H](CO)[C@@H](O)[C@H](O[C@@H]8O[C@H](CO)[C@@H](O)[C@H](O)[C@H]8O)[C@H]7O)[C@H](O)[C@H]6O[C@@H]6OC[C@@H](O)[C@H](O)[C@H]6O)CC[C@]45C)[C@]2(C)CC(=O)[C@@H]31. The number of Topliss-reactive ketones (excluding diaryl/α,β-unsaturated/α-hetero) is 1. The van der Waals surface area contributed by atoms with Gasteiger partial charge < -0.3 is 118 Å². The van der Waals surface area contributed by atoms with Gasteiger partial charge in [-0.05, 0) is 94.8 Å². The normalized spacial score (nSPS) is 51.1. The number of aliphatic hydroxyl groups excluding tert-OH is 12. The Hall–Kier alpha value is -2.39. The quantitative estimate of drug-likeness (QED) is 0.0283. The zero-order valence-electron chi connectivity index (χ0n) is 50.3. The van der Waals surface area contributed by atoms with Crippen molar-refractivity contribution in [3.63, 3.8) is 0 Å². The van der Waals surface area contributed by atoms with Crippen molar-refractivity contribution in [1.29, 1.82) is 0 Å². The van der Waals surface area contributed by atoms with Crippen LogP contribution in [-0.2, 0) is 76.3 Å². The number of allylic oxidation sites excluding steroid dienone is 3. The predicted octanol–water partition coefficient (Wildman–Crippen LogP) is -2.92. The van der Waals surface area contributed by atoms with Crippen LogP contribution in [0, 0.1) is 39.4 Å². The van der Waals surface area contributed by atoms with E-state index >= 15 is 0 Å². The third kappa shape index (κ3) is 11.8. The summed E-state index contributed by atoms with van der Waals surface area (Å²) in [6.07, 6.45) is -36.4. The Morgan fingerprint density at radius 2 is 1.28 bits per heavy atom. The average Bonchev–Trinajstić information content (AvgIpc) is 1.46. The topological polar surface area (TPSA) is 445 Å². The van der Waals surface area contributed by atoms with E-state index < -0.39 is 217 Å². The van der Waals surface area contributed by atoms with Crippen LogP contribution in [0.5, 0.6) is 0 Å². The number of cyclic esters (lactones) is 1. The van der Waals surface area contributed by atoms with Gasteiger partial charge in [-0.3, -0.25) is 13.8 Å². The van der Waals surface area contributed by atoms with Gasteiger partial charge in [-0.2, -0.15) is 0 Å². The molecular weight excluding hydrogens is 1190 g/mol. The lowest BCUT2D eigenvalue weighted by Gasteiger charge is -2.63. The maximum atomic E-state index is 14.5. The first-order chi connectivity index (χ1) is 41.2. The standard InChI is InChI=1S/C58H90O29S/c1-23(2)10-9-15-57(8)47-27(61)18-56(7)26-11-12-32-54(4,5)33(14-16-55(32,6)25(26)13-17-58(47,56)53(72)86-57)81-51-45(37(66)31(22-77-51)87-88(73,74)75)85-52-46(84-48-39(68)34(63)28(62)21-76-48)41(70)43(24(3)78-52)82-50-42(71)44(36(65)30(20-60)80-50)83-49-40(69)38(67)35(64)29(19-59)79-49/h11,24-25,28-52,59-60,62-71H,1,9-10,12-22H2,2-8H3,(H,73,74,75)/p-1/t24-,25-,28-,29-,30-,31-,32+,33+,34+,35-,36-,37+,38+,39-,40-,41+,42-,43-,44+,45-,46-,47-,48+,49+,50+,51+,52+,55-,56+,57+,58-/m1/s1. The summed E-state index contributed by atoms with van der Waals surface area (Å²) in [4.78, 5) is 28.9. The number of esters is 1. The zero-order valence-corrected chi connectivity index (χ0v) is 51.1. The van der Waals surface area contributed by atoms with Crippen molar-refractivity contribution in [2.45, 2.75) is 259 Å². The largest absolute Gasteiger partial charge is 0.726 e. The van der Waals surface area contributed by atoms with Crippen LogP contribution in [0.3, 0.4) is 0 Å². The molecule has 6 aliphatic heterocycles. The first-order valence-electron chi connectivity index (χ1n) is 30.4. The molecule has 0 bridgehead atoms. The number of fused-ring (bicyclic) bond motifs is 4. The number of rotatable bonds is 18. The molecule has 3 saturated carbocycles. The predicted molar refractivity (Wildman–Crippen MR) is 291 cm³/mol. The van der Waals surface area contributed by atoms with E-state index in [1.807, 2.05) is 27.7 Å². The fourth-order valence-electron chi connectivity index (χ4n) is 17.0. The molecule has 88 heavy (non-hydrogen) atoms. The number of hydrogen-bond donors (Lipinski definition) is 12. The summed E-state index contributed by atoms with van der Waals surface area (Å²) in [7, 11) is -5.53. The third-order valence-corrected chi connectivity index (χ3v) is 22.1. The average molecular weight is 1280 g/mol. The highest BCUT2D eigenvalue weighted by molar-refractivity contribution is 7.80. The van der Waals surface area contributed by atoms with Crippen LogP contribution in [0.2, 0.25) is 0 Å². The molecule has 0 amide bonds. The van der Waals surface area contributed by atoms with Gasteiger partial charge in [0.1, 0.15) is 115 Å². The molecule has 0 unspecified atom stereocenters. The van der Waals surface area contributed by atoms with Gasteiger partial charge in [-0.25, -0.2) is 8.42 Å². The Labute approximate surface area is 509 Å². The monoisotopic (exact) mass is 1280 g/mol. The first-order valence-corrected chi connectivity index (χ1v) is 31.8. The second-order valence-corrected chi connectivity index (χ2v) is 28.4. The molecule has 6 heterocycles. The minimum Gasteiger partial charge on any atom is -0.726 e. The number of carbonyl (C=O) groups is 2. The Bertz CT molecular complexity index is 2680. The van der Waals surface area contributed by atoms with Crippen molar-refractivity contribution in [3.8, 4) is 0 Å². The fraction of sp³-hybridized carbons (Fsp3) is 0.897. The highest BCUT2D eigenvalue weighted by Crippen LogP contribution is 2.75. The van der Waals surface area contributed by atoms with Crippen molar-refractivity contribution in [3.05, 3.63) is 23.8 Å². The molecule has 4 aliphatic carbocycles. The van der Waals surface area contributed by atoms with Crippen LogP contribution in [0.25, 0.3) is 0 Å². The van der Waals surface area contributed by atoms with Crippen LogP contribution >= 0.6 is 0 Å². The van der Waals surface area contributed by atoms with E-state index in [2.05, 4.69) is 26.5 Å². The highest BCUT2D eigenvalue weighted by atomic mass is 32.3. The molecule has 0 aromatic carbocycles. The number of ether oxygens (including phenoxy) is 11. The molecule has 0 aromatic rings. The molecule has 1 spiro atoms. The summed E-state index contributed by atoms with van der Waals surface area (Å²) in [5.41, 5.74) is -1.80. The van der Waals surface area contributed by atoms with Gasteiger partial charge in [0, 0.05) is 11.8 Å². The lowest BCUT2D eigenvalue weighted by Crippen LogP contribution is -2.68. The minimum atomic E-state index is -5.53. The van der Waals surface area contributed by atoms with E-state index in [1.54, 1.807) is 0 Å². The van der Waals surface area contributed by atoms with Crippen LogP contribution in [0.1, 0.15) is 106 Å². The van der Waals surface area contributed by atoms with Crippen molar-refractivity contribution in [1.82, 2.24) is 0 Å². The van der Waals surface area contributed by atoms with Gasteiger partial charge in [-0.15, -0.1) is 6.58 Å². The number of carbonyl (C=O) groups excluding carboxylic acids is 2. The van der Waals surface area contributed by atoms with E-state index in [-0.39, 0.29) is 30.0 Å². The molecule has 29 nitrogen and oxygen atoms in total. The summed E-state index contributed by atoms with van der Waals surface area (Å²) < 4.78 is 108. The molecular formula is C58H89O29S-. The van der Waals surface area contributed by atoms with Crippen LogP contribution in [0.4, 0.5) is 0 Å². The van der Waals surface area contributed by atoms with E-state index in [4.69, 9.17) is 56.3 Å². The first kappa shape index (κ1) is 68.5. The Morgan fingerprint density at radius 3 is 1.94 bits per heavy atom. The molecule has 9 fully saturated rings. The number of ketones is 1. The lowest BCUT2D eigenvalue weighted by atomic mass is 9.41. The maximum Gasteiger partial charge on any atom is 0.314 e. The third-order valence-electron chi connectivity index (χ3n) is 21.6. The Kier molecular flexibility index (Phi) is 19.8. The zero-order chi connectivity index (χ0) is 64.3. The highest BCUT2D eigenvalue weighted by Gasteiger charge is 2.79. The summed E-state index contributed by atoms with van der Waals surface area (Å²) in [5.74, 6) is -1.02. The summed E-state index contributed by atoms with van der Waals surface area (Å²) >= 11 is 0. The number of hydrogen-bond acceptors (Lipinski definition) is 29. The minimum absolute atomic E-state index is 0.0303. The van der Waals surface area contributed by atoms with Crippen LogP contribution in [-0.4, -0.2) is 265 Å². The van der Waals surface area contributed by atoms with E-state index in [0.29, 0.717) is 38.5 Å². The molecule has 12 N–H and O–H groups in total. The number of aliphatic hydroxyl groups is 12. The molecule has 6 saturated heterocycles. The van der Waals surface area contributed by atoms with E-state index in [9.17, 15) is 83.8 Å². The second kappa shape index (κ2) is 25.4. The van der Waals surface area contributed by atoms with Gasteiger partial charge in [0.15, 0.2) is 31.5 Å². The summed E-state index contributed by atoms with van der Waals surface area (Å²) in [5, 5.41) is 131. The molecule has 0 radical (unpaired) electrons. The van der Waals surface area contributed by atoms with Gasteiger partial charge in [0.2, 0.25) is 10.4 Å². The Morgan fingerprint density at radius 1 is 0.682 bits per heavy atom. The fourth-order valence-corrected chi connectivity index (χ4v) is 17.4. The van der Waals surface area contributed by atoms with Crippen LogP contribution < -0.4 is 0 Å². The summed E-state index contributed by atoms with van der Waals surface area (Å²) in [6.45, 7) is 14.4. The molecule has 31 atom stereocenters.